The fourth-order valence-electron chi connectivity index (χ4n) is 2.68. The van der Waals surface area contributed by atoms with E-state index in [-0.39, 0.29) is 28.3 Å². The zero-order valence-corrected chi connectivity index (χ0v) is 16.8. The first kappa shape index (κ1) is 21.4. The van der Waals surface area contributed by atoms with Crippen LogP contribution in [0.4, 0.5) is 0 Å². The zero-order chi connectivity index (χ0) is 21.1. The summed E-state index contributed by atoms with van der Waals surface area (Å²) in [6, 6.07) is 5.35. The van der Waals surface area contributed by atoms with E-state index in [0.29, 0.717) is 11.3 Å². The van der Waals surface area contributed by atoms with E-state index in [1.807, 2.05) is 0 Å². The van der Waals surface area contributed by atoms with Crippen LogP contribution in [0.2, 0.25) is 0 Å². The Bertz CT molecular complexity index is 1030. The van der Waals surface area contributed by atoms with Gasteiger partial charge < -0.3 is 14.5 Å². The Kier molecular flexibility index (Phi) is 6.40. The smallest absolute Gasteiger partial charge is 0.340 e. The zero-order valence-electron chi connectivity index (χ0n) is 16.0. The summed E-state index contributed by atoms with van der Waals surface area (Å²) in [6.07, 6.45) is 1.03. The summed E-state index contributed by atoms with van der Waals surface area (Å²) < 4.78 is 33.1. The van der Waals surface area contributed by atoms with Crippen LogP contribution in [0.25, 0.3) is 0 Å². The van der Waals surface area contributed by atoms with Gasteiger partial charge in [0.1, 0.15) is 0 Å². The molecule has 28 heavy (non-hydrogen) atoms. The number of hydrogen-bond donors (Lipinski definition) is 1. The molecular weight excluding hydrogens is 386 g/mol. The molecule has 0 aliphatic rings. The lowest BCUT2D eigenvalue weighted by Crippen LogP contribution is -2.16. The number of aryl methyl sites for hydroxylation is 1. The van der Waals surface area contributed by atoms with E-state index in [2.05, 4.69) is 4.98 Å². The summed E-state index contributed by atoms with van der Waals surface area (Å²) in [6.45, 7) is 4.56. The lowest BCUT2D eigenvalue weighted by molar-refractivity contribution is 0.0472. The van der Waals surface area contributed by atoms with Gasteiger partial charge in [0.25, 0.3) is 0 Å². The molecule has 0 saturated carbocycles. The van der Waals surface area contributed by atoms with E-state index in [0.717, 1.165) is 6.26 Å². The topological polar surface area (TPSA) is 120 Å². The second-order valence-electron chi connectivity index (χ2n) is 6.14. The molecule has 150 valence electrons. The normalized spacial score (nSPS) is 11.1. The van der Waals surface area contributed by atoms with Gasteiger partial charge in [-0.2, -0.15) is 0 Å². The summed E-state index contributed by atoms with van der Waals surface area (Å²) in [7, 11) is -3.48. The average molecular weight is 407 g/mol. The molecule has 0 spiro atoms. The highest BCUT2D eigenvalue weighted by Crippen LogP contribution is 2.20. The van der Waals surface area contributed by atoms with E-state index >= 15 is 0 Å². The summed E-state index contributed by atoms with van der Waals surface area (Å²) in [5, 5.41) is 0. The Hall–Kier alpha value is -2.94. The van der Waals surface area contributed by atoms with Gasteiger partial charge in [-0.15, -0.1) is 0 Å². The van der Waals surface area contributed by atoms with Gasteiger partial charge in [0.15, 0.2) is 16.4 Å². The van der Waals surface area contributed by atoms with Crippen molar-refractivity contribution >= 4 is 27.6 Å². The van der Waals surface area contributed by atoms with E-state index in [9.17, 15) is 22.8 Å². The van der Waals surface area contributed by atoms with Gasteiger partial charge in [0.2, 0.25) is 5.78 Å². The van der Waals surface area contributed by atoms with Crippen LogP contribution in [0.3, 0.4) is 0 Å². The molecule has 1 aromatic carbocycles. The Morgan fingerprint density at radius 1 is 1.07 bits per heavy atom. The minimum atomic E-state index is -3.48. The lowest BCUT2D eigenvalue weighted by Gasteiger charge is -2.06. The Labute approximate surface area is 162 Å². The van der Waals surface area contributed by atoms with E-state index in [1.54, 1.807) is 20.8 Å². The average Bonchev–Trinajstić information content (AvgIpc) is 2.93. The van der Waals surface area contributed by atoms with Crippen molar-refractivity contribution in [3.63, 3.8) is 0 Å². The number of hydrogen-bond acceptors (Lipinski definition) is 7. The molecule has 1 aromatic heterocycles. The van der Waals surface area contributed by atoms with Crippen molar-refractivity contribution in [1.82, 2.24) is 4.98 Å². The number of carbonyl (C=O) groups excluding carboxylic acids is 3. The van der Waals surface area contributed by atoms with Crippen molar-refractivity contribution in [2.45, 2.75) is 25.7 Å². The van der Waals surface area contributed by atoms with Crippen LogP contribution >= 0.6 is 0 Å². The molecular formula is C19H21NO7S. The molecule has 8 nitrogen and oxygen atoms in total. The van der Waals surface area contributed by atoms with Crippen molar-refractivity contribution in [3.8, 4) is 0 Å². The molecule has 9 heteroatoms. The van der Waals surface area contributed by atoms with Crippen LogP contribution in [0, 0.1) is 13.8 Å². The number of Topliss-reactive ketones (excluding diaryl/α,β-unsaturated/α-hetero) is 1. The van der Waals surface area contributed by atoms with E-state index in [4.69, 9.17) is 9.47 Å². The van der Waals surface area contributed by atoms with Crippen LogP contribution in [-0.4, -0.2) is 50.6 Å². The molecule has 1 heterocycles. The maximum absolute atomic E-state index is 12.4. The van der Waals surface area contributed by atoms with E-state index in [1.165, 1.54) is 24.3 Å². The standard InChI is InChI=1S/C19H21NO7S/c1-5-26-19(23)16-11(2)17(20-12(16)3)15(21)10-27-18(22)13-7-6-8-14(9-13)28(4,24)25/h6-9,20H,5,10H2,1-4H3. The quantitative estimate of drug-likeness (QED) is 0.552. The second kappa shape index (κ2) is 8.39. The van der Waals surface area contributed by atoms with Crippen LogP contribution in [0.15, 0.2) is 29.2 Å². The van der Waals surface area contributed by atoms with Gasteiger partial charge >= 0.3 is 11.9 Å². The number of H-pyrrole nitrogens is 1. The van der Waals surface area contributed by atoms with Gasteiger partial charge in [-0.1, -0.05) is 6.07 Å². The van der Waals surface area contributed by atoms with Gasteiger partial charge in [-0.3, -0.25) is 4.79 Å². The minimum Gasteiger partial charge on any atom is -0.462 e. The van der Waals surface area contributed by atoms with Gasteiger partial charge in [-0.05, 0) is 44.5 Å². The Morgan fingerprint density at radius 2 is 1.75 bits per heavy atom. The first-order valence-corrected chi connectivity index (χ1v) is 10.3. The minimum absolute atomic E-state index is 0.0160. The van der Waals surface area contributed by atoms with Gasteiger partial charge in [-0.25, -0.2) is 18.0 Å². The van der Waals surface area contributed by atoms with Gasteiger partial charge in [0, 0.05) is 11.9 Å². The fraction of sp³-hybridized carbons (Fsp3) is 0.316. The molecule has 0 radical (unpaired) electrons. The first-order valence-electron chi connectivity index (χ1n) is 8.43. The third kappa shape index (κ3) is 4.66. The third-order valence-electron chi connectivity index (χ3n) is 4.03. The van der Waals surface area contributed by atoms with Crippen LogP contribution < -0.4 is 0 Å². The molecule has 1 N–H and O–H groups in total. The van der Waals surface area contributed by atoms with Crippen molar-refractivity contribution in [1.29, 1.82) is 0 Å². The highest BCUT2D eigenvalue weighted by molar-refractivity contribution is 7.90. The Balaban J connectivity index is 2.14. The monoisotopic (exact) mass is 407 g/mol. The number of nitrogens with one attached hydrogen (secondary N) is 1. The van der Waals surface area contributed by atoms with Gasteiger partial charge in [0.05, 0.1) is 28.3 Å². The van der Waals surface area contributed by atoms with Crippen LogP contribution in [0.5, 0.6) is 0 Å². The second-order valence-corrected chi connectivity index (χ2v) is 8.16. The van der Waals surface area contributed by atoms with Crippen molar-refractivity contribution < 1.29 is 32.3 Å². The molecule has 2 aromatic rings. The lowest BCUT2D eigenvalue weighted by atomic mass is 10.1. The fourth-order valence-corrected chi connectivity index (χ4v) is 3.35. The molecule has 2 rings (SSSR count). The molecule has 0 fully saturated rings. The van der Waals surface area contributed by atoms with Crippen molar-refractivity contribution in [3.05, 3.63) is 52.3 Å². The number of carbonyl (C=O) groups is 3. The number of aromatic amines is 1. The summed E-state index contributed by atoms with van der Waals surface area (Å²) in [5.41, 5.74) is 1.33. The predicted octanol–water partition coefficient (Wildman–Crippen LogP) is 2.25. The molecule has 0 saturated heterocycles. The summed E-state index contributed by atoms with van der Waals surface area (Å²) in [5.74, 6) is -1.89. The first-order chi connectivity index (χ1) is 13.1. The molecule has 0 atom stereocenters. The number of sulfone groups is 1. The van der Waals surface area contributed by atoms with Crippen LogP contribution in [0.1, 0.15) is 49.4 Å². The third-order valence-corrected chi connectivity index (χ3v) is 5.14. The van der Waals surface area contributed by atoms with Crippen LogP contribution in [-0.2, 0) is 19.3 Å². The summed E-state index contributed by atoms with van der Waals surface area (Å²) in [4.78, 5) is 39.4. The molecule has 0 amide bonds. The number of ketones is 1. The number of aromatic nitrogens is 1. The maximum atomic E-state index is 12.4. The predicted molar refractivity (Wildman–Crippen MR) is 100 cm³/mol. The maximum Gasteiger partial charge on any atom is 0.340 e. The van der Waals surface area contributed by atoms with E-state index < -0.39 is 34.2 Å². The molecule has 0 aliphatic heterocycles. The van der Waals surface area contributed by atoms with Crippen molar-refractivity contribution in [2.75, 3.05) is 19.5 Å². The molecule has 0 aliphatic carbocycles. The molecule has 0 bridgehead atoms. The Morgan fingerprint density at radius 3 is 2.36 bits per heavy atom. The van der Waals surface area contributed by atoms with Crippen molar-refractivity contribution in [2.24, 2.45) is 0 Å². The summed E-state index contributed by atoms with van der Waals surface area (Å²) >= 11 is 0. The number of benzene rings is 1. The number of rotatable bonds is 7. The number of esters is 2. The SMILES string of the molecule is CCOC(=O)c1c(C)[nH]c(C(=O)COC(=O)c2cccc(S(C)(=O)=O)c2)c1C. The molecule has 0 unspecified atom stereocenters. The highest BCUT2D eigenvalue weighted by Gasteiger charge is 2.23. The highest BCUT2D eigenvalue weighted by atomic mass is 32.2. The number of ether oxygens (including phenoxy) is 2. The largest absolute Gasteiger partial charge is 0.462 e.